The highest BCUT2D eigenvalue weighted by Crippen LogP contribution is 2.18. The number of aliphatic hydroxyl groups is 2. The lowest BCUT2D eigenvalue weighted by Gasteiger charge is -2.20. The standard InChI is InChI=1S/C70H135NO5/c1-3-5-7-9-11-13-15-17-19-20-29-32-35-38-42-46-50-54-58-62-68(73)67(66-72)71-69(74)63-59-55-51-47-43-39-36-33-30-27-25-23-21-22-24-26-28-31-34-37-41-45-49-53-57-61-65-76-70(75)64-60-56-52-48-44-40-18-16-14-12-10-8-6-4-2/h21,23,58,62,67-68,72-73H,3-20,22,24-57,59-61,63-66H2,1-2H3,(H,71,74)/b23-21-,62-58+. The van der Waals surface area contributed by atoms with Crippen molar-refractivity contribution in [3.63, 3.8) is 0 Å². The lowest BCUT2D eigenvalue weighted by atomic mass is 10.0. The van der Waals surface area contributed by atoms with E-state index in [2.05, 4.69) is 31.3 Å². The Kier molecular flexibility index (Phi) is 64.4. The fraction of sp³-hybridized carbons (Fsp3) is 0.914. The number of carbonyl (C=O) groups is 2. The molecule has 0 spiro atoms. The molecule has 0 aromatic heterocycles. The van der Waals surface area contributed by atoms with Gasteiger partial charge >= 0.3 is 5.97 Å². The number of nitrogens with one attached hydrogen (secondary N) is 1. The molecule has 2 atom stereocenters. The molecule has 1 amide bonds. The molecule has 0 radical (unpaired) electrons. The highest BCUT2D eigenvalue weighted by molar-refractivity contribution is 5.76. The molecule has 2 unspecified atom stereocenters. The van der Waals surface area contributed by atoms with Crippen LogP contribution in [0.1, 0.15) is 386 Å². The maximum absolute atomic E-state index is 12.5. The van der Waals surface area contributed by atoms with Crippen LogP contribution in [0.3, 0.4) is 0 Å². The van der Waals surface area contributed by atoms with Crippen molar-refractivity contribution in [3.05, 3.63) is 24.3 Å². The Morgan fingerprint density at radius 3 is 0.934 bits per heavy atom. The minimum absolute atomic E-state index is 0.0168. The number of unbranched alkanes of at least 4 members (excludes halogenated alkanes) is 52. The van der Waals surface area contributed by atoms with Gasteiger partial charge in [-0.25, -0.2) is 0 Å². The van der Waals surface area contributed by atoms with Gasteiger partial charge in [-0.2, -0.15) is 0 Å². The van der Waals surface area contributed by atoms with Gasteiger partial charge in [0, 0.05) is 12.8 Å². The molecule has 6 nitrogen and oxygen atoms in total. The second kappa shape index (κ2) is 65.9. The molecule has 0 saturated heterocycles. The summed E-state index contributed by atoms with van der Waals surface area (Å²) in [4.78, 5) is 24.6. The largest absolute Gasteiger partial charge is 0.466 e. The van der Waals surface area contributed by atoms with Crippen LogP contribution in [0.2, 0.25) is 0 Å². The van der Waals surface area contributed by atoms with Crippen molar-refractivity contribution in [1.29, 1.82) is 0 Å². The van der Waals surface area contributed by atoms with Crippen LogP contribution in [0.25, 0.3) is 0 Å². The Morgan fingerprint density at radius 2 is 0.618 bits per heavy atom. The molecule has 0 aliphatic rings. The summed E-state index contributed by atoms with van der Waals surface area (Å²) >= 11 is 0. The normalized spacial score (nSPS) is 12.6. The fourth-order valence-electron chi connectivity index (χ4n) is 10.9. The van der Waals surface area contributed by atoms with E-state index in [1.165, 1.54) is 321 Å². The summed E-state index contributed by atoms with van der Waals surface area (Å²) in [6.07, 6.45) is 82.5. The minimum atomic E-state index is -0.846. The van der Waals surface area contributed by atoms with Gasteiger partial charge in [0.1, 0.15) is 0 Å². The number of allylic oxidation sites excluding steroid dienone is 3. The van der Waals surface area contributed by atoms with E-state index in [4.69, 9.17) is 4.74 Å². The molecule has 0 saturated carbocycles. The zero-order valence-electron chi connectivity index (χ0n) is 51.5. The number of hydrogen-bond acceptors (Lipinski definition) is 5. The summed E-state index contributed by atoms with van der Waals surface area (Å²) in [7, 11) is 0. The van der Waals surface area contributed by atoms with Gasteiger partial charge < -0.3 is 20.3 Å². The average molecular weight is 1070 g/mol. The van der Waals surface area contributed by atoms with E-state index in [9.17, 15) is 19.8 Å². The molecule has 0 rings (SSSR count). The van der Waals surface area contributed by atoms with E-state index in [1.807, 2.05) is 6.08 Å². The number of aliphatic hydroxyl groups excluding tert-OH is 2. The van der Waals surface area contributed by atoms with Crippen LogP contribution in [0, 0.1) is 0 Å². The van der Waals surface area contributed by atoms with Gasteiger partial charge in [0.05, 0.1) is 25.4 Å². The maximum Gasteiger partial charge on any atom is 0.305 e. The first-order valence-corrected chi connectivity index (χ1v) is 34.6. The van der Waals surface area contributed by atoms with Gasteiger partial charge in [-0.15, -0.1) is 0 Å². The topological polar surface area (TPSA) is 95.9 Å². The van der Waals surface area contributed by atoms with E-state index in [1.54, 1.807) is 6.08 Å². The summed E-state index contributed by atoms with van der Waals surface area (Å²) in [6, 6.07) is -0.630. The third kappa shape index (κ3) is 61.6. The molecule has 3 N–H and O–H groups in total. The van der Waals surface area contributed by atoms with Crippen molar-refractivity contribution in [2.45, 2.75) is 398 Å². The molecule has 0 fully saturated rings. The molecular formula is C70H135NO5. The third-order valence-electron chi connectivity index (χ3n) is 16.2. The molecular weight excluding hydrogens is 935 g/mol. The summed E-state index contributed by atoms with van der Waals surface area (Å²) < 4.78 is 5.49. The highest BCUT2D eigenvalue weighted by Gasteiger charge is 2.18. The minimum Gasteiger partial charge on any atom is -0.466 e. The Morgan fingerprint density at radius 1 is 0.355 bits per heavy atom. The molecule has 0 bridgehead atoms. The molecule has 0 heterocycles. The van der Waals surface area contributed by atoms with E-state index >= 15 is 0 Å². The molecule has 6 heteroatoms. The zero-order valence-corrected chi connectivity index (χ0v) is 51.5. The first-order valence-electron chi connectivity index (χ1n) is 34.6. The average Bonchev–Trinajstić information content (AvgIpc) is 3.42. The Hall–Kier alpha value is -1.66. The number of amides is 1. The molecule has 0 aliphatic carbocycles. The zero-order chi connectivity index (χ0) is 55.0. The number of esters is 1. The van der Waals surface area contributed by atoms with Crippen molar-refractivity contribution in [2.24, 2.45) is 0 Å². The summed E-state index contributed by atoms with van der Waals surface area (Å²) in [5.41, 5.74) is 0. The van der Waals surface area contributed by atoms with Gasteiger partial charge in [-0.05, 0) is 57.8 Å². The lowest BCUT2D eigenvalue weighted by molar-refractivity contribution is -0.143. The molecule has 76 heavy (non-hydrogen) atoms. The van der Waals surface area contributed by atoms with Crippen LogP contribution in [0.15, 0.2) is 24.3 Å². The van der Waals surface area contributed by atoms with Crippen molar-refractivity contribution >= 4 is 11.9 Å². The Labute approximate surface area is 475 Å². The van der Waals surface area contributed by atoms with E-state index < -0.39 is 12.1 Å². The SMILES string of the molecule is CCCCCCCCCCCCCCCCCCC/C=C/C(O)C(CO)NC(=O)CCCCCCCCCCCC/C=C\CCCCCCCCCCCCCCOC(=O)CCCCCCCCCCCCCCCC. The lowest BCUT2D eigenvalue weighted by Crippen LogP contribution is -2.45. The molecule has 0 aromatic rings. The van der Waals surface area contributed by atoms with E-state index in [0.29, 0.717) is 19.4 Å². The van der Waals surface area contributed by atoms with Crippen LogP contribution in [-0.2, 0) is 14.3 Å². The highest BCUT2D eigenvalue weighted by atomic mass is 16.5. The smallest absolute Gasteiger partial charge is 0.305 e. The predicted molar refractivity (Wildman–Crippen MR) is 333 cm³/mol. The molecule has 450 valence electrons. The summed E-state index contributed by atoms with van der Waals surface area (Å²) in [5, 5.41) is 23.2. The summed E-state index contributed by atoms with van der Waals surface area (Å²) in [6.45, 7) is 4.94. The van der Waals surface area contributed by atoms with Gasteiger partial charge in [0.15, 0.2) is 0 Å². The molecule has 0 aliphatic heterocycles. The Bertz CT molecular complexity index is 1190. The first-order chi connectivity index (χ1) is 37.5. The number of rotatable bonds is 65. The van der Waals surface area contributed by atoms with Crippen molar-refractivity contribution in [1.82, 2.24) is 5.32 Å². The van der Waals surface area contributed by atoms with Crippen LogP contribution < -0.4 is 5.32 Å². The van der Waals surface area contributed by atoms with Crippen LogP contribution in [0.4, 0.5) is 0 Å². The van der Waals surface area contributed by atoms with Gasteiger partial charge in [0.2, 0.25) is 5.91 Å². The number of ether oxygens (including phenoxy) is 1. The first kappa shape index (κ1) is 74.3. The predicted octanol–water partition coefficient (Wildman–Crippen LogP) is 22.1. The van der Waals surface area contributed by atoms with Crippen molar-refractivity contribution in [3.8, 4) is 0 Å². The van der Waals surface area contributed by atoms with Crippen molar-refractivity contribution < 1.29 is 24.5 Å². The number of carbonyl (C=O) groups excluding carboxylic acids is 2. The van der Waals surface area contributed by atoms with Gasteiger partial charge in [0.25, 0.3) is 0 Å². The molecule has 0 aromatic carbocycles. The third-order valence-corrected chi connectivity index (χ3v) is 16.2. The van der Waals surface area contributed by atoms with Crippen LogP contribution in [-0.4, -0.2) is 47.4 Å². The number of hydrogen-bond donors (Lipinski definition) is 3. The van der Waals surface area contributed by atoms with Crippen LogP contribution >= 0.6 is 0 Å². The van der Waals surface area contributed by atoms with Gasteiger partial charge in [-0.3, -0.25) is 9.59 Å². The second-order valence-electron chi connectivity index (χ2n) is 23.9. The summed E-state index contributed by atoms with van der Waals surface area (Å²) in [5.74, 6) is -0.0495. The van der Waals surface area contributed by atoms with E-state index in [-0.39, 0.29) is 18.5 Å². The van der Waals surface area contributed by atoms with E-state index in [0.717, 1.165) is 38.5 Å². The van der Waals surface area contributed by atoms with Gasteiger partial charge in [-0.1, -0.05) is 340 Å². The second-order valence-corrected chi connectivity index (χ2v) is 23.9. The van der Waals surface area contributed by atoms with Crippen molar-refractivity contribution in [2.75, 3.05) is 13.2 Å². The monoisotopic (exact) mass is 1070 g/mol. The van der Waals surface area contributed by atoms with Crippen LogP contribution in [0.5, 0.6) is 0 Å². The quantitative estimate of drug-likeness (QED) is 0.0320. The Balaban J connectivity index is 3.41. The maximum atomic E-state index is 12.5. The fourth-order valence-corrected chi connectivity index (χ4v) is 10.9.